The van der Waals surface area contributed by atoms with Gasteiger partial charge in [-0.15, -0.1) is 11.8 Å². The van der Waals surface area contributed by atoms with E-state index in [-0.39, 0.29) is 6.29 Å². The van der Waals surface area contributed by atoms with Crippen LogP contribution in [0.2, 0.25) is 0 Å². The molecule has 3 rings (SSSR count). The molecule has 0 aliphatic carbocycles. The molecular weight excluding hydrogens is 284 g/mol. The molecule has 0 atom stereocenters. The van der Waals surface area contributed by atoms with E-state index in [9.17, 15) is 0 Å². The van der Waals surface area contributed by atoms with Gasteiger partial charge in [-0.2, -0.15) is 0 Å². The summed E-state index contributed by atoms with van der Waals surface area (Å²) in [6.07, 6.45) is 2.11. The second kappa shape index (κ2) is 7.61. The SMILES string of the molecule is CSc1ccc(CN2CCN(CC3OCCO3)CC2)cc1. The van der Waals surface area contributed by atoms with Crippen LogP contribution in [0.25, 0.3) is 0 Å². The maximum atomic E-state index is 5.52. The lowest BCUT2D eigenvalue weighted by atomic mass is 10.2. The Bertz CT molecular complexity index is 426. The summed E-state index contributed by atoms with van der Waals surface area (Å²) >= 11 is 1.79. The molecule has 0 aromatic heterocycles. The van der Waals surface area contributed by atoms with Crippen molar-refractivity contribution < 1.29 is 9.47 Å². The Morgan fingerprint density at radius 1 is 1.00 bits per heavy atom. The molecule has 2 aliphatic rings. The Balaban J connectivity index is 1.42. The Hall–Kier alpha value is -0.590. The number of rotatable bonds is 5. The molecule has 1 aromatic carbocycles. The molecule has 2 heterocycles. The average molecular weight is 308 g/mol. The second-order valence-corrected chi connectivity index (χ2v) is 6.48. The first-order valence-electron chi connectivity index (χ1n) is 7.64. The van der Waals surface area contributed by atoms with Crippen molar-refractivity contribution in [1.29, 1.82) is 0 Å². The number of piperazine rings is 1. The molecular formula is C16H24N2O2S. The van der Waals surface area contributed by atoms with Gasteiger partial charge in [-0.25, -0.2) is 0 Å². The van der Waals surface area contributed by atoms with Gasteiger partial charge in [0.1, 0.15) is 0 Å². The number of hydrogen-bond donors (Lipinski definition) is 0. The first-order chi connectivity index (χ1) is 10.3. The van der Waals surface area contributed by atoms with Crippen LogP contribution in [0.5, 0.6) is 0 Å². The summed E-state index contributed by atoms with van der Waals surface area (Å²) in [5.41, 5.74) is 1.41. The van der Waals surface area contributed by atoms with Gasteiger partial charge in [0, 0.05) is 44.2 Å². The van der Waals surface area contributed by atoms with E-state index < -0.39 is 0 Å². The zero-order chi connectivity index (χ0) is 14.5. The second-order valence-electron chi connectivity index (χ2n) is 5.60. The average Bonchev–Trinajstić information content (AvgIpc) is 3.03. The molecule has 2 aliphatic heterocycles. The highest BCUT2D eigenvalue weighted by Gasteiger charge is 2.23. The first-order valence-corrected chi connectivity index (χ1v) is 8.87. The Morgan fingerprint density at radius 3 is 2.24 bits per heavy atom. The molecule has 1 aromatic rings. The third kappa shape index (κ3) is 4.44. The van der Waals surface area contributed by atoms with Crippen molar-refractivity contribution in [1.82, 2.24) is 9.80 Å². The van der Waals surface area contributed by atoms with E-state index in [0.717, 1.165) is 52.5 Å². The summed E-state index contributed by atoms with van der Waals surface area (Å²) in [6, 6.07) is 8.92. The van der Waals surface area contributed by atoms with Gasteiger partial charge in [0.15, 0.2) is 6.29 Å². The smallest absolute Gasteiger partial charge is 0.170 e. The fourth-order valence-electron chi connectivity index (χ4n) is 2.84. The highest BCUT2D eigenvalue weighted by molar-refractivity contribution is 7.98. The van der Waals surface area contributed by atoms with Gasteiger partial charge in [0.05, 0.1) is 13.2 Å². The fourth-order valence-corrected chi connectivity index (χ4v) is 3.25. The maximum absolute atomic E-state index is 5.52. The summed E-state index contributed by atoms with van der Waals surface area (Å²) in [4.78, 5) is 6.31. The molecule has 2 saturated heterocycles. The zero-order valence-electron chi connectivity index (χ0n) is 12.7. The fraction of sp³-hybridized carbons (Fsp3) is 0.625. The minimum absolute atomic E-state index is 0.00404. The van der Waals surface area contributed by atoms with Crippen LogP contribution in [0.4, 0.5) is 0 Å². The van der Waals surface area contributed by atoms with Gasteiger partial charge in [0.2, 0.25) is 0 Å². The van der Waals surface area contributed by atoms with Crippen LogP contribution in [-0.4, -0.2) is 68.3 Å². The van der Waals surface area contributed by atoms with Crippen molar-refractivity contribution in [2.45, 2.75) is 17.7 Å². The summed E-state index contributed by atoms with van der Waals surface area (Å²) in [5.74, 6) is 0. The monoisotopic (exact) mass is 308 g/mol. The molecule has 0 saturated carbocycles. The number of nitrogens with zero attached hydrogens (tertiary/aromatic N) is 2. The highest BCUT2D eigenvalue weighted by Crippen LogP contribution is 2.16. The Kier molecular flexibility index (Phi) is 5.55. The lowest BCUT2D eigenvalue weighted by Crippen LogP contribution is -2.48. The van der Waals surface area contributed by atoms with Gasteiger partial charge in [-0.1, -0.05) is 12.1 Å². The lowest BCUT2D eigenvalue weighted by molar-refractivity contribution is -0.0678. The molecule has 0 bridgehead atoms. The van der Waals surface area contributed by atoms with Crippen LogP contribution in [0.1, 0.15) is 5.56 Å². The molecule has 0 amide bonds. The van der Waals surface area contributed by atoms with Gasteiger partial charge in [-0.3, -0.25) is 9.80 Å². The quantitative estimate of drug-likeness (QED) is 0.774. The minimum Gasteiger partial charge on any atom is -0.349 e. The standard InChI is InChI=1S/C16H24N2O2S/c1-21-15-4-2-14(3-5-15)12-17-6-8-18(9-7-17)13-16-19-10-11-20-16/h2-5,16H,6-13H2,1H3. The van der Waals surface area contributed by atoms with E-state index in [2.05, 4.69) is 40.3 Å². The summed E-state index contributed by atoms with van der Waals surface area (Å²) in [7, 11) is 0. The summed E-state index contributed by atoms with van der Waals surface area (Å²) < 4.78 is 11.0. The topological polar surface area (TPSA) is 24.9 Å². The van der Waals surface area contributed by atoms with E-state index in [1.54, 1.807) is 11.8 Å². The van der Waals surface area contributed by atoms with Gasteiger partial charge < -0.3 is 9.47 Å². The van der Waals surface area contributed by atoms with Crippen molar-refractivity contribution in [3.8, 4) is 0 Å². The van der Waals surface area contributed by atoms with Crippen LogP contribution in [0, 0.1) is 0 Å². The molecule has 4 nitrogen and oxygen atoms in total. The van der Waals surface area contributed by atoms with E-state index >= 15 is 0 Å². The van der Waals surface area contributed by atoms with E-state index in [4.69, 9.17) is 9.47 Å². The van der Waals surface area contributed by atoms with Crippen LogP contribution in [0.15, 0.2) is 29.2 Å². The van der Waals surface area contributed by atoms with Crippen LogP contribution in [0.3, 0.4) is 0 Å². The summed E-state index contributed by atoms with van der Waals surface area (Å²) in [6.45, 7) is 7.91. The van der Waals surface area contributed by atoms with Crippen LogP contribution in [-0.2, 0) is 16.0 Å². The van der Waals surface area contributed by atoms with Crippen molar-refractivity contribution in [2.24, 2.45) is 0 Å². The van der Waals surface area contributed by atoms with Gasteiger partial charge >= 0.3 is 0 Å². The Morgan fingerprint density at radius 2 is 1.62 bits per heavy atom. The third-order valence-electron chi connectivity index (χ3n) is 4.13. The zero-order valence-corrected chi connectivity index (χ0v) is 13.5. The third-order valence-corrected chi connectivity index (χ3v) is 4.87. The molecule has 0 unspecified atom stereocenters. The molecule has 0 spiro atoms. The van der Waals surface area contributed by atoms with E-state index in [1.165, 1.54) is 10.5 Å². The lowest BCUT2D eigenvalue weighted by Gasteiger charge is -2.35. The van der Waals surface area contributed by atoms with Crippen molar-refractivity contribution in [3.63, 3.8) is 0 Å². The highest BCUT2D eigenvalue weighted by atomic mass is 32.2. The van der Waals surface area contributed by atoms with Crippen molar-refractivity contribution >= 4 is 11.8 Å². The van der Waals surface area contributed by atoms with Crippen LogP contribution >= 0.6 is 11.8 Å². The maximum Gasteiger partial charge on any atom is 0.170 e. The predicted octanol–water partition coefficient (Wildman–Crippen LogP) is 1.90. The van der Waals surface area contributed by atoms with Gasteiger partial charge in [-0.05, 0) is 24.0 Å². The van der Waals surface area contributed by atoms with Gasteiger partial charge in [0.25, 0.3) is 0 Å². The predicted molar refractivity (Wildman–Crippen MR) is 85.6 cm³/mol. The number of hydrogen-bond acceptors (Lipinski definition) is 5. The molecule has 2 fully saturated rings. The van der Waals surface area contributed by atoms with E-state index in [0.29, 0.717) is 0 Å². The minimum atomic E-state index is -0.00404. The van der Waals surface area contributed by atoms with Crippen molar-refractivity contribution in [2.75, 3.05) is 52.2 Å². The Labute approximate surface area is 131 Å². The summed E-state index contributed by atoms with van der Waals surface area (Å²) in [5, 5.41) is 0. The molecule has 21 heavy (non-hydrogen) atoms. The molecule has 0 radical (unpaired) electrons. The largest absolute Gasteiger partial charge is 0.349 e. The van der Waals surface area contributed by atoms with E-state index in [1.807, 2.05) is 0 Å². The molecule has 0 N–H and O–H groups in total. The number of benzene rings is 1. The molecule has 5 heteroatoms. The van der Waals surface area contributed by atoms with Crippen molar-refractivity contribution in [3.05, 3.63) is 29.8 Å². The van der Waals surface area contributed by atoms with Crippen LogP contribution < -0.4 is 0 Å². The number of ether oxygens (including phenoxy) is 2. The normalized spacial score (nSPS) is 22.0. The molecule has 116 valence electrons. The first kappa shape index (κ1) is 15.3. The number of thioether (sulfide) groups is 1.